The highest BCUT2D eigenvalue weighted by Gasteiger charge is 2.07. The number of fused-ring (bicyclic) bond motifs is 1. The maximum absolute atomic E-state index is 5.95. The second kappa shape index (κ2) is 3.84. The quantitative estimate of drug-likeness (QED) is 0.663. The second-order valence-electron chi connectivity index (χ2n) is 4.43. The van der Waals surface area contributed by atoms with Crippen molar-refractivity contribution in [2.45, 2.75) is 13.8 Å². The highest BCUT2D eigenvalue weighted by atomic mass is 15.3. The molecule has 0 saturated carbocycles. The molecule has 3 rings (SSSR count). The van der Waals surface area contributed by atoms with Crippen molar-refractivity contribution in [3.05, 3.63) is 47.8 Å². The Kier molecular flexibility index (Phi) is 2.30. The Labute approximate surface area is 105 Å². The van der Waals surface area contributed by atoms with Crippen LogP contribution in [0.5, 0.6) is 0 Å². The summed E-state index contributed by atoms with van der Waals surface area (Å²) in [5.41, 5.74) is 9.51. The van der Waals surface area contributed by atoms with E-state index in [4.69, 9.17) is 5.73 Å². The van der Waals surface area contributed by atoms with Gasteiger partial charge in [-0.05, 0) is 38.1 Å². The molecule has 2 heterocycles. The van der Waals surface area contributed by atoms with Gasteiger partial charge in [0.2, 0.25) is 0 Å². The van der Waals surface area contributed by atoms with Gasteiger partial charge in [0.05, 0.1) is 16.9 Å². The highest BCUT2D eigenvalue weighted by molar-refractivity contribution is 5.89. The van der Waals surface area contributed by atoms with Gasteiger partial charge in [0.1, 0.15) is 0 Å². The number of pyridine rings is 1. The van der Waals surface area contributed by atoms with Crippen LogP contribution < -0.4 is 5.73 Å². The Bertz CT molecular complexity index is 728. The van der Waals surface area contributed by atoms with E-state index in [0.717, 1.165) is 28.1 Å². The Hall–Kier alpha value is -2.36. The van der Waals surface area contributed by atoms with Crippen LogP contribution in [-0.4, -0.2) is 14.8 Å². The van der Waals surface area contributed by atoms with Crippen molar-refractivity contribution in [2.24, 2.45) is 0 Å². The zero-order valence-electron chi connectivity index (χ0n) is 10.4. The lowest BCUT2D eigenvalue weighted by Gasteiger charge is -2.06. The first-order chi connectivity index (χ1) is 8.65. The number of anilines is 1. The zero-order valence-corrected chi connectivity index (χ0v) is 10.4. The van der Waals surface area contributed by atoms with E-state index in [9.17, 15) is 0 Å². The highest BCUT2D eigenvalue weighted by Crippen LogP contribution is 2.20. The molecule has 1 aromatic carbocycles. The molecule has 4 heteroatoms. The van der Waals surface area contributed by atoms with Gasteiger partial charge in [0, 0.05) is 11.1 Å². The predicted molar refractivity (Wildman–Crippen MR) is 72.8 cm³/mol. The molecule has 2 aromatic heterocycles. The molecule has 0 amide bonds. The van der Waals surface area contributed by atoms with Crippen molar-refractivity contribution in [1.82, 2.24) is 14.8 Å². The van der Waals surface area contributed by atoms with Gasteiger partial charge in [-0.25, -0.2) is 9.67 Å². The third kappa shape index (κ3) is 1.62. The second-order valence-corrected chi connectivity index (χ2v) is 4.43. The summed E-state index contributed by atoms with van der Waals surface area (Å²) in [6, 6.07) is 11.8. The van der Waals surface area contributed by atoms with E-state index < -0.39 is 0 Å². The molecule has 0 aliphatic carbocycles. The number of para-hydroxylation sites is 1. The lowest BCUT2D eigenvalue weighted by Crippen LogP contribution is -2.02. The fourth-order valence-electron chi connectivity index (χ4n) is 2.14. The van der Waals surface area contributed by atoms with Crippen LogP contribution in [0.1, 0.15) is 11.4 Å². The smallest absolute Gasteiger partial charge is 0.154 e. The minimum absolute atomic E-state index is 0.691. The van der Waals surface area contributed by atoms with Crippen LogP contribution in [0.2, 0.25) is 0 Å². The number of benzene rings is 1. The minimum Gasteiger partial charge on any atom is -0.397 e. The first-order valence-electron chi connectivity index (χ1n) is 5.84. The fourth-order valence-corrected chi connectivity index (χ4v) is 2.14. The molecule has 0 atom stereocenters. The summed E-state index contributed by atoms with van der Waals surface area (Å²) >= 11 is 0. The third-order valence-electron chi connectivity index (χ3n) is 2.96. The van der Waals surface area contributed by atoms with E-state index in [1.807, 2.05) is 54.9 Å². The van der Waals surface area contributed by atoms with Crippen LogP contribution in [0.4, 0.5) is 5.69 Å². The van der Waals surface area contributed by atoms with E-state index in [0.29, 0.717) is 5.69 Å². The summed E-state index contributed by atoms with van der Waals surface area (Å²) in [6.45, 7) is 3.99. The summed E-state index contributed by atoms with van der Waals surface area (Å²) in [6.07, 6.45) is 0. The number of nitrogens with two attached hydrogens (primary N) is 1. The molecule has 0 spiro atoms. The standard InChI is InChI=1S/C14H14N4/c1-9-8-10(2)18(17-9)13-7-6-11-4-3-5-12(15)14(11)16-13/h3-8H,15H2,1-2H3. The maximum Gasteiger partial charge on any atom is 0.154 e. The van der Waals surface area contributed by atoms with E-state index in [1.54, 1.807) is 0 Å². The van der Waals surface area contributed by atoms with Crippen LogP contribution in [0, 0.1) is 13.8 Å². The Morgan fingerprint density at radius 2 is 1.94 bits per heavy atom. The monoisotopic (exact) mass is 238 g/mol. The van der Waals surface area contributed by atoms with Crippen LogP contribution in [0.15, 0.2) is 36.4 Å². The Balaban J connectivity index is 2.25. The molecule has 0 radical (unpaired) electrons. The van der Waals surface area contributed by atoms with Crippen molar-refractivity contribution < 1.29 is 0 Å². The number of aryl methyl sites for hydroxylation is 2. The molecule has 0 saturated heterocycles. The van der Waals surface area contributed by atoms with E-state index in [1.165, 1.54) is 0 Å². The number of hydrogen-bond donors (Lipinski definition) is 1. The van der Waals surface area contributed by atoms with Gasteiger partial charge in [-0.3, -0.25) is 0 Å². The van der Waals surface area contributed by atoms with Gasteiger partial charge in [-0.15, -0.1) is 0 Å². The first-order valence-corrected chi connectivity index (χ1v) is 5.84. The molecule has 0 unspecified atom stereocenters. The van der Waals surface area contributed by atoms with Gasteiger partial charge < -0.3 is 5.73 Å². The number of hydrogen-bond acceptors (Lipinski definition) is 3. The minimum atomic E-state index is 0.691. The van der Waals surface area contributed by atoms with E-state index >= 15 is 0 Å². The SMILES string of the molecule is Cc1cc(C)n(-c2ccc3cccc(N)c3n2)n1. The normalized spacial score (nSPS) is 11.0. The average molecular weight is 238 g/mol. The molecule has 4 nitrogen and oxygen atoms in total. The lowest BCUT2D eigenvalue weighted by molar-refractivity contribution is 0.811. The van der Waals surface area contributed by atoms with Crippen LogP contribution in [-0.2, 0) is 0 Å². The van der Waals surface area contributed by atoms with Crippen LogP contribution in [0.3, 0.4) is 0 Å². The van der Waals surface area contributed by atoms with Crippen LogP contribution in [0.25, 0.3) is 16.7 Å². The topological polar surface area (TPSA) is 56.7 Å². The van der Waals surface area contributed by atoms with Crippen molar-refractivity contribution in [3.8, 4) is 5.82 Å². The Morgan fingerprint density at radius 3 is 2.67 bits per heavy atom. The van der Waals surface area contributed by atoms with E-state index in [2.05, 4.69) is 10.1 Å². The zero-order chi connectivity index (χ0) is 12.7. The van der Waals surface area contributed by atoms with Crippen LogP contribution >= 0.6 is 0 Å². The molecule has 0 aliphatic heterocycles. The summed E-state index contributed by atoms with van der Waals surface area (Å²) in [4.78, 5) is 4.59. The summed E-state index contributed by atoms with van der Waals surface area (Å²) in [5.74, 6) is 0.797. The molecule has 18 heavy (non-hydrogen) atoms. The fraction of sp³-hybridized carbons (Fsp3) is 0.143. The molecule has 0 bridgehead atoms. The maximum atomic E-state index is 5.95. The third-order valence-corrected chi connectivity index (χ3v) is 2.96. The van der Waals surface area contributed by atoms with Gasteiger partial charge in [0.15, 0.2) is 5.82 Å². The van der Waals surface area contributed by atoms with Gasteiger partial charge in [-0.2, -0.15) is 5.10 Å². The Morgan fingerprint density at radius 1 is 1.11 bits per heavy atom. The predicted octanol–water partition coefficient (Wildman–Crippen LogP) is 2.62. The number of aromatic nitrogens is 3. The van der Waals surface area contributed by atoms with Gasteiger partial charge in [0.25, 0.3) is 0 Å². The lowest BCUT2D eigenvalue weighted by atomic mass is 10.2. The molecular weight excluding hydrogens is 224 g/mol. The molecule has 0 aliphatic rings. The summed E-state index contributed by atoms with van der Waals surface area (Å²) in [5, 5.41) is 5.47. The van der Waals surface area contributed by atoms with Crippen molar-refractivity contribution in [1.29, 1.82) is 0 Å². The summed E-state index contributed by atoms with van der Waals surface area (Å²) in [7, 11) is 0. The van der Waals surface area contributed by atoms with Gasteiger partial charge >= 0.3 is 0 Å². The van der Waals surface area contributed by atoms with E-state index in [-0.39, 0.29) is 0 Å². The number of nitrogens with zero attached hydrogens (tertiary/aromatic N) is 3. The number of rotatable bonds is 1. The van der Waals surface area contributed by atoms with Crippen molar-refractivity contribution in [2.75, 3.05) is 5.73 Å². The molecule has 0 fully saturated rings. The molecule has 3 aromatic rings. The molecule has 90 valence electrons. The summed E-state index contributed by atoms with van der Waals surface area (Å²) < 4.78 is 1.83. The number of nitrogen functional groups attached to an aromatic ring is 1. The van der Waals surface area contributed by atoms with Gasteiger partial charge in [-0.1, -0.05) is 12.1 Å². The first kappa shape index (κ1) is 10.8. The average Bonchev–Trinajstić information content (AvgIpc) is 2.69. The molecular formula is C14H14N4. The molecule has 2 N–H and O–H groups in total. The largest absolute Gasteiger partial charge is 0.397 e. The van der Waals surface area contributed by atoms with Crippen molar-refractivity contribution >= 4 is 16.6 Å². The van der Waals surface area contributed by atoms with Crippen molar-refractivity contribution in [3.63, 3.8) is 0 Å².